The van der Waals surface area contributed by atoms with Gasteiger partial charge < -0.3 is 28.7 Å². The number of anilines is 1. The fraction of sp³-hybridized carbons (Fsp3) is 0.457. The van der Waals surface area contributed by atoms with Crippen LogP contribution in [0.3, 0.4) is 0 Å². The molecule has 2 spiro atoms. The van der Waals surface area contributed by atoms with Gasteiger partial charge in [0.15, 0.2) is 5.79 Å². The molecule has 4 saturated heterocycles. The molecule has 4 aliphatic rings. The molecule has 248 valence electrons. The topological polar surface area (TPSA) is 131 Å². The number of nitriles is 1. The van der Waals surface area contributed by atoms with Gasteiger partial charge in [0.05, 0.1) is 49.4 Å². The highest BCUT2D eigenvalue weighted by Crippen LogP contribution is 2.42. The number of piperidine rings is 1. The van der Waals surface area contributed by atoms with Crippen molar-refractivity contribution in [2.75, 3.05) is 77.6 Å². The van der Waals surface area contributed by atoms with Crippen molar-refractivity contribution in [3.05, 3.63) is 66.2 Å². The minimum atomic E-state index is -0.384. The Labute approximate surface area is 278 Å². The molecule has 4 aromatic rings. The fourth-order valence-corrected chi connectivity index (χ4v) is 7.51. The first-order chi connectivity index (χ1) is 23.5. The van der Waals surface area contributed by atoms with Crippen LogP contribution in [0, 0.1) is 16.7 Å². The molecular formula is C35H38N8O5. The summed E-state index contributed by atoms with van der Waals surface area (Å²) < 4.78 is 24.8. The van der Waals surface area contributed by atoms with Crippen LogP contribution >= 0.6 is 0 Å². The monoisotopic (exact) mass is 650 g/mol. The van der Waals surface area contributed by atoms with Crippen molar-refractivity contribution in [3.63, 3.8) is 0 Å². The van der Waals surface area contributed by atoms with E-state index in [0.717, 1.165) is 87.5 Å². The van der Waals surface area contributed by atoms with Crippen molar-refractivity contribution in [1.29, 1.82) is 5.26 Å². The van der Waals surface area contributed by atoms with Crippen LogP contribution in [0.15, 0.2) is 55.1 Å². The molecule has 0 aromatic carbocycles. The Morgan fingerprint density at radius 2 is 1.83 bits per heavy atom. The van der Waals surface area contributed by atoms with E-state index < -0.39 is 0 Å². The number of amides is 1. The molecule has 4 fully saturated rings. The molecule has 0 unspecified atom stereocenters. The SMILES string of the molecule is COc1ccc(C(=O)N2CCC3(C2)CN(c2ccc(-c4cc(OCCN5CCC6(CC5)OCCO6)cn5ncc(C#N)c45)cn2)C3)cn1. The third kappa shape index (κ3) is 5.70. The second kappa shape index (κ2) is 12.4. The molecule has 0 saturated carbocycles. The van der Waals surface area contributed by atoms with Gasteiger partial charge >= 0.3 is 0 Å². The molecule has 8 heterocycles. The Hall–Kier alpha value is -4.77. The second-order valence-electron chi connectivity index (χ2n) is 13.2. The maximum absolute atomic E-state index is 13.1. The van der Waals surface area contributed by atoms with E-state index in [0.29, 0.717) is 42.6 Å². The van der Waals surface area contributed by atoms with E-state index in [1.54, 1.807) is 36.2 Å². The number of rotatable bonds is 8. The average molecular weight is 651 g/mol. The molecule has 13 nitrogen and oxygen atoms in total. The Kier molecular flexibility index (Phi) is 7.86. The van der Waals surface area contributed by atoms with E-state index in [9.17, 15) is 10.1 Å². The maximum Gasteiger partial charge on any atom is 0.255 e. The lowest BCUT2D eigenvalue weighted by atomic mass is 9.79. The van der Waals surface area contributed by atoms with Crippen molar-refractivity contribution < 1.29 is 23.7 Å². The molecule has 1 amide bonds. The van der Waals surface area contributed by atoms with Crippen molar-refractivity contribution in [2.45, 2.75) is 25.0 Å². The summed E-state index contributed by atoms with van der Waals surface area (Å²) in [5, 5.41) is 14.3. The van der Waals surface area contributed by atoms with Crippen molar-refractivity contribution in [1.82, 2.24) is 29.4 Å². The van der Waals surface area contributed by atoms with Gasteiger partial charge in [0, 0.05) is 93.7 Å². The summed E-state index contributed by atoms with van der Waals surface area (Å²) in [6.45, 7) is 7.64. The van der Waals surface area contributed by atoms with Gasteiger partial charge in [-0.1, -0.05) is 0 Å². The normalized spacial score (nSPS) is 19.9. The smallest absolute Gasteiger partial charge is 0.255 e. The maximum atomic E-state index is 13.1. The van der Waals surface area contributed by atoms with Crippen LogP contribution in [0.4, 0.5) is 5.82 Å². The molecule has 0 radical (unpaired) electrons. The number of carbonyl (C=O) groups excluding carboxylic acids is 1. The summed E-state index contributed by atoms with van der Waals surface area (Å²) in [4.78, 5) is 28.7. The van der Waals surface area contributed by atoms with Crippen LogP contribution in [0.1, 0.15) is 35.2 Å². The Balaban J connectivity index is 0.911. The molecule has 0 N–H and O–H groups in total. The van der Waals surface area contributed by atoms with Crippen LogP contribution in [0.25, 0.3) is 16.6 Å². The quantitative estimate of drug-likeness (QED) is 0.279. The third-order valence-corrected chi connectivity index (χ3v) is 10.2. The number of pyridine rings is 3. The minimum Gasteiger partial charge on any atom is -0.491 e. The summed E-state index contributed by atoms with van der Waals surface area (Å²) in [5.74, 6) is 1.69. The van der Waals surface area contributed by atoms with Crippen LogP contribution in [-0.2, 0) is 9.47 Å². The lowest BCUT2D eigenvalue weighted by Crippen LogP contribution is -2.58. The summed E-state index contributed by atoms with van der Waals surface area (Å²) in [7, 11) is 1.56. The van der Waals surface area contributed by atoms with Crippen molar-refractivity contribution in [2.24, 2.45) is 5.41 Å². The number of carbonyl (C=O) groups is 1. The molecule has 0 bridgehead atoms. The molecule has 4 aliphatic heterocycles. The Morgan fingerprint density at radius 1 is 1.00 bits per heavy atom. The summed E-state index contributed by atoms with van der Waals surface area (Å²) in [5.41, 5.74) is 3.59. The zero-order valence-electron chi connectivity index (χ0n) is 27.0. The van der Waals surface area contributed by atoms with E-state index >= 15 is 0 Å². The lowest BCUT2D eigenvalue weighted by molar-refractivity contribution is -0.185. The Bertz CT molecular complexity index is 1830. The number of hydrogen-bond donors (Lipinski definition) is 0. The van der Waals surface area contributed by atoms with E-state index in [1.807, 2.05) is 35.5 Å². The zero-order chi connectivity index (χ0) is 32.7. The van der Waals surface area contributed by atoms with Crippen LogP contribution < -0.4 is 14.4 Å². The van der Waals surface area contributed by atoms with Crippen molar-refractivity contribution >= 4 is 17.2 Å². The summed E-state index contributed by atoms with van der Waals surface area (Å²) in [6, 6.07) is 11.8. The van der Waals surface area contributed by atoms with Gasteiger partial charge in [0.25, 0.3) is 5.91 Å². The lowest BCUT2D eigenvalue weighted by Gasteiger charge is -2.48. The highest BCUT2D eigenvalue weighted by Gasteiger charge is 2.49. The fourth-order valence-electron chi connectivity index (χ4n) is 7.51. The van der Waals surface area contributed by atoms with Gasteiger partial charge in [0.2, 0.25) is 5.88 Å². The summed E-state index contributed by atoms with van der Waals surface area (Å²) >= 11 is 0. The second-order valence-corrected chi connectivity index (χ2v) is 13.2. The number of fused-ring (bicyclic) bond motifs is 1. The number of methoxy groups -OCH3 is 1. The molecule has 48 heavy (non-hydrogen) atoms. The first kappa shape index (κ1) is 30.6. The minimum absolute atomic E-state index is 0.00558. The molecule has 0 atom stereocenters. The highest BCUT2D eigenvalue weighted by atomic mass is 16.7. The first-order valence-electron chi connectivity index (χ1n) is 16.5. The predicted octanol–water partition coefficient (Wildman–Crippen LogP) is 3.24. The zero-order valence-corrected chi connectivity index (χ0v) is 27.0. The number of hydrogen-bond acceptors (Lipinski definition) is 11. The molecule has 0 aliphatic carbocycles. The van der Waals surface area contributed by atoms with Gasteiger partial charge in [-0.05, 0) is 30.7 Å². The van der Waals surface area contributed by atoms with Crippen molar-refractivity contribution in [3.8, 4) is 28.8 Å². The predicted molar refractivity (Wildman–Crippen MR) is 175 cm³/mol. The first-order valence-corrected chi connectivity index (χ1v) is 16.5. The van der Waals surface area contributed by atoms with Gasteiger partial charge in [-0.2, -0.15) is 10.4 Å². The van der Waals surface area contributed by atoms with Gasteiger partial charge in [-0.25, -0.2) is 14.5 Å². The number of aromatic nitrogens is 4. The van der Waals surface area contributed by atoms with Crippen LogP contribution in [0.5, 0.6) is 11.6 Å². The molecule has 13 heteroatoms. The average Bonchev–Trinajstić information content (AvgIpc) is 3.87. The van der Waals surface area contributed by atoms with E-state index in [1.165, 1.54) is 0 Å². The number of nitrogens with zero attached hydrogens (tertiary/aromatic N) is 8. The van der Waals surface area contributed by atoms with Gasteiger partial charge in [-0.15, -0.1) is 0 Å². The number of ether oxygens (including phenoxy) is 4. The Morgan fingerprint density at radius 3 is 2.54 bits per heavy atom. The summed E-state index contributed by atoms with van der Waals surface area (Å²) in [6.07, 6.45) is 9.54. The highest BCUT2D eigenvalue weighted by molar-refractivity contribution is 5.94. The standard InChI is InChI=1S/C35H38N8O5/c1-45-31-5-3-26(19-38-31)33(44)41-11-6-34(22-41)23-42(24-34)30-4-2-25(18-37-30)29-16-28(21-43-32(29)27(17-36)20-39-43)46-13-12-40-9-7-35(8-10-40)47-14-15-48-35/h2-5,16,18-21H,6-15,22-24H2,1H3. The number of likely N-dealkylation sites (tertiary alicyclic amines) is 2. The molecular weight excluding hydrogens is 612 g/mol. The molecule has 8 rings (SSSR count). The van der Waals surface area contributed by atoms with E-state index in [-0.39, 0.29) is 17.1 Å². The van der Waals surface area contributed by atoms with Crippen LogP contribution in [0.2, 0.25) is 0 Å². The van der Waals surface area contributed by atoms with E-state index in [4.69, 9.17) is 23.9 Å². The van der Waals surface area contributed by atoms with Gasteiger partial charge in [0.1, 0.15) is 24.2 Å². The van der Waals surface area contributed by atoms with Gasteiger partial charge in [-0.3, -0.25) is 9.69 Å². The largest absolute Gasteiger partial charge is 0.491 e. The van der Waals surface area contributed by atoms with Crippen LogP contribution in [-0.4, -0.2) is 114 Å². The molecule has 4 aromatic heterocycles. The van der Waals surface area contributed by atoms with E-state index in [2.05, 4.69) is 26.0 Å². The third-order valence-electron chi connectivity index (χ3n) is 10.2.